The number of hydrogen-bond acceptors (Lipinski definition) is 4. The van der Waals surface area contributed by atoms with Crippen LogP contribution in [0.4, 0.5) is 0 Å². The first kappa shape index (κ1) is 21.6. The number of carboxylic acid groups (broad SMARTS) is 1. The van der Waals surface area contributed by atoms with Crippen LogP contribution in [0.25, 0.3) is 5.65 Å². The number of carbonyl (C=O) groups is 2. The molecule has 2 aromatic heterocycles. The molecule has 1 unspecified atom stereocenters. The van der Waals surface area contributed by atoms with E-state index in [0.29, 0.717) is 35.3 Å². The molecule has 2 heterocycles. The van der Waals surface area contributed by atoms with Gasteiger partial charge in [-0.3, -0.25) is 14.0 Å². The topological polar surface area (TPSA) is 80.9 Å². The highest BCUT2D eigenvalue weighted by Crippen LogP contribution is 2.29. The molecule has 0 saturated carbocycles. The lowest BCUT2D eigenvalue weighted by atomic mass is 9.88. The van der Waals surface area contributed by atoms with Crippen LogP contribution in [0.5, 0.6) is 5.75 Å². The molecule has 0 spiro atoms. The highest BCUT2D eigenvalue weighted by Gasteiger charge is 2.24. The van der Waals surface area contributed by atoms with Crippen LogP contribution in [0.1, 0.15) is 72.8 Å². The Morgan fingerprint density at radius 1 is 1.10 bits per heavy atom. The van der Waals surface area contributed by atoms with E-state index in [0.717, 1.165) is 5.56 Å². The highest BCUT2D eigenvalue weighted by atomic mass is 16.5. The Morgan fingerprint density at radius 3 is 2.37 bits per heavy atom. The number of hydrogen-bond donors (Lipinski definition) is 1. The number of rotatable bonds is 9. The van der Waals surface area contributed by atoms with Gasteiger partial charge in [0.15, 0.2) is 17.2 Å². The van der Waals surface area contributed by atoms with E-state index in [1.165, 1.54) is 5.56 Å². The Kier molecular flexibility index (Phi) is 6.55. The quantitative estimate of drug-likeness (QED) is 0.504. The van der Waals surface area contributed by atoms with Gasteiger partial charge in [0.25, 0.3) is 0 Å². The Hall–Kier alpha value is -3.15. The number of imidazole rings is 1. The van der Waals surface area contributed by atoms with Crippen molar-refractivity contribution in [3.8, 4) is 5.75 Å². The van der Waals surface area contributed by atoms with Crippen LogP contribution in [0, 0.1) is 6.92 Å². The zero-order valence-electron chi connectivity index (χ0n) is 17.9. The predicted molar refractivity (Wildman–Crippen MR) is 116 cm³/mol. The molecule has 1 aromatic carbocycles. The molecule has 6 heteroatoms. The zero-order chi connectivity index (χ0) is 21.8. The molecule has 0 radical (unpaired) electrons. The third-order valence-corrected chi connectivity index (χ3v) is 5.28. The molecule has 3 aromatic rings. The van der Waals surface area contributed by atoms with Gasteiger partial charge >= 0.3 is 5.97 Å². The maximum atomic E-state index is 13.3. The minimum Gasteiger partial charge on any atom is -0.490 e. The van der Waals surface area contributed by atoms with Crippen molar-refractivity contribution in [1.29, 1.82) is 0 Å². The monoisotopic (exact) mass is 408 g/mol. The van der Waals surface area contributed by atoms with Crippen LogP contribution < -0.4 is 4.74 Å². The summed E-state index contributed by atoms with van der Waals surface area (Å²) in [5, 5.41) is 9.41. The lowest BCUT2D eigenvalue weighted by Gasteiger charge is -2.16. The van der Waals surface area contributed by atoms with E-state index in [1.54, 1.807) is 17.5 Å². The molecule has 0 aliphatic carbocycles. The molecule has 0 aliphatic heterocycles. The molecule has 1 atom stereocenters. The van der Waals surface area contributed by atoms with Crippen LogP contribution in [0.2, 0.25) is 0 Å². The fourth-order valence-corrected chi connectivity index (χ4v) is 3.75. The summed E-state index contributed by atoms with van der Waals surface area (Å²) in [5.74, 6) is -0.453. The molecule has 0 bridgehead atoms. The Labute approximate surface area is 176 Å². The minimum atomic E-state index is -0.922. The van der Waals surface area contributed by atoms with E-state index >= 15 is 0 Å². The normalized spacial score (nSPS) is 12.3. The maximum absolute atomic E-state index is 13.3. The van der Waals surface area contributed by atoms with E-state index in [4.69, 9.17) is 4.74 Å². The summed E-state index contributed by atoms with van der Waals surface area (Å²) in [6, 6.07) is 11.5. The third kappa shape index (κ3) is 4.53. The smallest absolute Gasteiger partial charge is 0.303 e. The highest BCUT2D eigenvalue weighted by molar-refractivity contribution is 5.97. The van der Waals surface area contributed by atoms with Crippen molar-refractivity contribution >= 4 is 17.4 Å². The fourth-order valence-electron chi connectivity index (χ4n) is 3.75. The van der Waals surface area contributed by atoms with Crippen LogP contribution in [0.15, 0.2) is 42.6 Å². The summed E-state index contributed by atoms with van der Waals surface area (Å²) < 4.78 is 7.37. The number of ketones is 1. The molecule has 6 nitrogen and oxygen atoms in total. The van der Waals surface area contributed by atoms with Crippen molar-refractivity contribution < 1.29 is 19.4 Å². The lowest BCUT2D eigenvalue weighted by molar-refractivity contribution is -0.137. The number of pyridine rings is 1. The van der Waals surface area contributed by atoms with Crippen LogP contribution in [0.3, 0.4) is 0 Å². The van der Waals surface area contributed by atoms with Gasteiger partial charge in [-0.1, -0.05) is 38.1 Å². The van der Waals surface area contributed by atoms with E-state index < -0.39 is 11.9 Å². The number of aryl methyl sites for hydroxylation is 1. The molecular formula is C24H28N2O4. The Balaban J connectivity index is 1.93. The number of aromatic nitrogens is 2. The number of aliphatic carboxylic acids is 1. The van der Waals surface area contributed by atoms with Crippen molar-refractivity contribution in [2.24, 2.45) is 0 Å². The average Bonchev–Trinajstić information content (AvgIpc) is 3.04. The SMILES string of the molecule is CCOc1cccn2c(C(=O)CC(CC(=O)O)c3ccc(C(C)C)cc3)c(C)nc12. The second-order valence-electron chi connectivity index (χ2n) is 7.79. The van der Waals surface area contributed by atoms with Gasteiger partial charge in [-0.2, -0.15) is 0 Å². The van der Waals surface area contributed by atoms with Gasteiger partial charge in [-0.25, -0.2) is 4.98 Å². The molecule has 30 heavy (non-hydrogen) atoms. The molecule has 1 N–H and O–H groups in total. The number of carbonyl (C=O) groups excluding carboxylic acids is 1. The van der Waals surface area contributed by atoms with Crippen LogP contribution >= 0.6 is 0 Å². The molecule has 0 fully saturated rings. The third-order valence-electron chi connectivity index (χ3n) is 5.28. The van der Waals surface area contributed by atoms with Gasteiger partial charge in [-0.05, 0) is 43.0 Å². The maximum Gasteiger partial charge on any atom is 0.303 e. The standard InChI is InChI=1S/C24H28N2O4/c1-5-30-21-7-6-12-26-23(16(4)25-24(21)26)20(27)13-19(14-22(28)29)18-10-8-17(9-11-18)15(2)3/h6-12,15,19H,5,13-14H2,1-4H3,(H,28,29). The van der Waals surface area contributed by atoms with Gasteiger partial charge in [0.2, 0.25) is 0 Å². The molecule has 0 aliphatic rings. The summed E-state index contributed by atoms with van der Waals surface area (Å²) >= 11 is 0. The first-order chi connectivity index (χ1) is 14.3. The fraction of sp³-hybridized carbons (Fsp3) is 0.375. The van der Waals surface area contributed by atoms with E-state index in [2.05, 4.69) is 18.8 Å². The molecule has 0 saturated heterocycles. The number of ether oxygens (including phenoxy) is 1. The summed E-state index contributed by atoms with van der Waals surface area (Å²) in [6.45, 7) is 8.41. The van der Waals surface area contributed by atoms with Crippen molar-refractivity contribution in [3.63, 3.8) is 0 Å². The Bertz CT molecular complexity index is 1050. The first-order valence-corrected chi connectivity index (χ1v) is 10.3. The summed E-state index contributed by atoms with van der Waals surface area (Å²) in [5.41, 5.74) is 3.71. The van der Waals surface area contributed by atoms with Gasteiger partial charge in [0.05, 0.1) is 18.7 Å². The minimum absolute atomic E-state index is 0.0980. The zero-order valence-corrected chi connectivity index (χ0v) is 17.9. The second-order valence-corrected chi connectivity index (χ2v) is 7.79. The van der Waals surface area contributed by atoms with E-state index in [-0.39, 0.29) is 18.6 Å². The van der Waals surface area contributed by atoms with Crippen LogP contribution in [-0.2, 0) is 4.79 Å². The lowest BCUT2D eigenvalue weighted by Crippen LogP contribution is -2.14. The van der Waals surface area contributed by atoms with Crippen molar-refractivity contribution in [2.75, 3.05) is 6.61 Å². The van der Waals surface area contributed by atoms with Crippen molar-refractivity contribution in [1.82, 2.24) is 9.38 Å². The van der Waals surface area contributed by atoms with Crippen molar-refractivity contribution in [3.05, 3.63) is 65.1 Å². The largest absolute Gasteiger partial charge is 0.490 e. The summed E-state index contributed by atoms with van der Waals surface area (Å²) in [4.78, 5) is 29.3. The van der Waals surface area contributed by atoms with Crippen molar-refractivity contribution in [2.45, 2.75) is 52.4 Å². The van der Waals surface area contributed by atoms with Gasteiger partial charge in [-0.15, -0.1) is 0 Å². The number of carboxylic acids is 1. The Morgan fingerprint density at radius 2 is 1.77 bits per heavy atom. The van der Waals surface area contributed by atoms with Gasteiger partial charge < -0.3 is 9.84 Å². The molecular weight excluding hydrogens is 380 g/mol. The summed E-state index contributed by atoms with van der Waals surface area (Å²) in [6.07, 6.45) is 1.78. The number of Topliss-reactive ketones (excluding diaryl/α,β-unsaturated/α-hetero) is 1. The molecule has 3 rings (SSSR count). The van der Waals surface area contributed by atoms with Gasteiger partial charge in [0.1, 0.15) is 5.69 Å². The second kappa shape index (κ2) is 9.11. The predicted octanol–water partition coefficient (Wildman–Crippen LogP) is 5.00. The summed E-state index contributed by atoms with van der Waals surface area (Å²) in [7, 11) is 0. The number of benzene rings is 1. The van der Waals surface area contributed by atoms with Crippen LogP contribution in [-0.4, -0.2) is 32.9 Å². The van der Waals surface area contributed by atoms with E-state index in [1.807, 2.05) is 43.3 Å². The average molecular weight is 408 g/mol. The van der Waals surface area contributed by atoms with Gasteiger partial charge in [0, 0.05) is 18.5 Å². The first-order valence-electron chi connectivity index (χ1n) is 10.3. The molecule has 158 valence electrons. The number of fused-ring (bicyclic) bond motifs is 1. The number of nitrogens with zero attached hydrogens (tertiary/aromatic N) is 2. The molecule has 0 amide bonds. The van der Waals surface area contributed by atoms with E-state index in [9.17, 15) is 14.7 Å².